The summed E-state index contributed by atoms with van der Waals surface area (Å²) in [4.78, 5) is 39.9. The van der Waals surface area contributed by atoms with Gasteiger partial charge in [0.25, 0.3) is 11.8 Å². The molecule has 0 aliphatic carbocycles. The van der Waals surface area contributed by atoms with E-state index < -0.39 is 11.8 Å². The average Bonchev–Trinajstić information content (AvgIpc) is 3.07. The van der Waals surface area contributed by atoms with E-state index >= 15 is 0 Å². The van der Waals surface area contributed by atoms with Crippen LogP contribution in [0.2, 0.25) is 0 Å². The monoisotopic (exact) mass is 627 g/mol. The third-order valence-electron chi connectivity index (χ3n) is 6.42. The number of hydrogen-bond donors (Lipinski definition) is 3. The van der Waals surface area contributed by atoms with Crippen LogP contribution in [0.4, 0.5) is 11.4 Å². The van der Waals surface area contributed by atoms with Gasteiger partial charge in [0, 0.05) is 27.8 Å². The molecule has 4 aromatic rings. The van der Waals surface area contributed by atoms with Crippen LogP contribution >= 0.6 is 11.8 Å². The summed E-state index contributed by atoms with van der Waals surface area (Å²) in [5.74, 6) is 0.934. The Labute approximate surface area is 265 Å². The molecule has 0 fully saturated rings. The first kappa shape index (κ1) is 32.5. The van der Waals surface area contributed by atoms with E-state index in [9.17, 15) is 14.4 Å². The Kier molecular flexibility index (Phi) is 11.5. The van der Waals surface area contributed by atoms with Crippen LogP contribution < -0.4 is 34.9 Å². The quantitative estimate of drug-likeness (QED) is 0.124. The summed E-state index contributed by atoms with van der Waals surface area (Å²) in [6.45, 7) is 0. The van der Waals surface area contributed by atoms with Gasteiger partial charge in [-0.05, 0) is 60.7 Å². The summed E-state index contributed by atoms with van der Waals surface area (Å²) in [5, 5.41) is 8.38. The van der Waals surface area contributed by atoms with Crippen LogP contribution in [0.25, 0.3) is 6.08 Å². The van der Waals surface area contributed by atoms with Crippen molar-refractivity contribution in [2.75, 3.05) is 44.8 Å². The van der Waals surface area contributed by atoms with Crippen LogP contribution in [-0.4, -0.2) is 51.9 Å². The first-order valence-electron chi connectivity index (χ1n) is 13.7. The molecule has 45 heavy (non-hydrogen) atoms. The van der Waals surface area contributed by atoms with Gasteiger partial charge in [0.15, 0.2) is 11.5 Å². The van der Waals surface area contributed by atoms with E-state index in [0.717, 1.165) is 4.90 Å². The fraction of sp³-hybridized carbons (Fsp3) is 0.147. The largest absolute Gasteiger partial charge is 0.497 e. The normalized spacial score (nSPS) is 10.8. The number of methoxy groups -OCH3 is 4. The molecule has 0 aliphatic rings. The summed E-state index contributed by atoms with van der Waals surface area (Å²) in [6, 6.07) is 26.0. The zero-order valence-electron chi connectivity index (χ0n) is 25.2. The van der Waals surface area contributed by atoms with Gasteiger partial charge < -0.3 is 34.9 Å². The molecule has 232 valence electrons. The van der Waals surface area contributed by atoms with Crippen molar-refractivity contribution in [1.29, 1.82) is 0 Å². The van der Waals surface area contributed by atoms with Crippen LogP contribution in [-0.2, 0) is 9.59 Å². The molecule has 0 heterocycles. The van der Waals surface area contributed by atoms with Crippen molar-refractivity contribution >= 4 is 46.9 Å². The Morgan fingerprint density at radius 2 is 1.47 bits per heavy atom. The van der Waals surface area contributed by atoms with E-state index in [2.05, 4.69) is 16.0 Å². The van der Waals surface area contributed by atoms with E-state index in [-0.39, 0.29) is 17.4 Å². The van der Waals surface area contributed by atoms with Gasteiger partial charge in [-0.15, -0.1) is 11.8 Å². The Bertz CT molecular complexity index is 1680. The van der Waals surface area contributed by atoms with Crippen molar-refractivity contribution in [2.24, 2.45) is 0 Å². The summed E-state index contributed by atoms with van der Waals surface area (Å²) >= 11 is 1.33. The van der Waals surface area contributed by atoms with Crippen LogP contribution in [0.1, 0.15) is 15.9 Å². The first-order valence-corrected chi connectivity index (χ1v) is 14.7. The van der Waals surface area contributed by atoms with E-state index in [1.807, 2.05) is 0 Å². The first-order chi connectivity index (χ1) is 21.8. The molecular formula is C34H33N3O7S. The fourth-order valence-corrected chi connectivity index (χ4v) is 4.90. The minimum absolute atomic E-state index is 0.00139. The van der Waals surface area contributed by atoms with E-state index in [4.69, 9.17) is 18.9 Å². The van der Waals surface area contributed by atoms with Crippen LogP contribution in [0.5, 0.6) is 23.0 Å². The molecule has 0 radical (unpaired) electrons. The van der Waals surface area contributed by atoms with Gasteiger partial charge in [0.2, 0.25) is 5.91 Å². The number of rotatable bonds is 13. The molecule has 0 aromatic heterocycles. The lowest BCUT2D eigenvalue weighted by Gasteiger charge is -2.14. The molecule has 10 nitrogen and oxygen atoms in total. The Balaban J connectivity index is 1.46. The Morgan fingerprint density at radius 1 is 0.733 bits per heavy atom. The molecule has 4 rings (SSSR count). The maximum absolute atomic E-state index is 13.5. The molecule has 0 atom stereocenters. The predicted molar refractivity (Wildman–Crippen MR) is 175 cm³/mol. The highest BCUT2D eigenvalue weighted by Crippen LogP contribution is 2.32. The number of benzene rings is 4. The summed E-state index contributed by atoms with van der Waals surface area (Å²) < 4.78 is 21.4. The number of thioether (sulfide) groups is 1. The SMILES string of the molecule is COc1ccc(OC)c(NC(=O)CSc2ccc(NC(=O)/C(=C/c3cccc(OC)c3OC)NC(=O)c3ccccc3)cc2)c1. The van der Waals surface area contributed by atoms with Gasteiger partial charge in [0.1, 0.15) is 17.2 Å². The second-order valence-corrected chi connectivity index (χ2v) is 10.4. The smallest absolute Gasteiger partial charge is 0.272 e. The van der Waals surface area contributed by atoms with Gasteiger partial charge in [-0.3, -0.25) is 14.4 Å². The van der Waals surface area contributed by atoms with Gasteiger partial charge in [0.05, 0.1) is 39.9 Å². The fourth-order valence-electron chi connectivity index (χ4n) is 4.20. The molecule has 0 saturated carbocycles. The Morgan fingerprint density at radius 3 is 2.13 bits per heavy atom. The van der Waals surface area contributed by atoms with Gasteiger partial charge in [-0.1, -0.05) is 30.3 Å². The predicted octanol–water partition coefficient (Wildman–Crippen LogP) is 5.86. The molecule has 0 bridgehead atoms. The lowest BCUT2D eigenvalue weighted by atomic mass is 10.1. The molecular weight excluding hydrogens is 594 g/mol. The number of ether oxygens (including phenoxy) is 4. The second-order valence-electron chi connectivity index (χ2n) is 9.34. The molecule has 3 amide bonds. The van der Waals surface area contributed by atoms with Crippen LogP contribution in [0.3, 0.4) is 0 Å². The molecule has 0 aliphatic heterocycles. The standard InChI is InChI=1S/C34H33N3O7S/c1-41-25-15-18-29(42-2)27(20-25)36-31(38)21-45-26-16-13-24(14-17-26)35-34(40)28(37-33(39)22-9-6-5-7-10-22)19-23-11-8-12-30(43-3)32(23)44-4/h5-20H,21H2,1-4H3,(H,35,40)(H,36,38)(H,37,39)/b28-19-. The number of para-hydroxylation sites is 1. The number of nitrogens with one attached hydrogen (secondary N) is 3. The highest BCUT2D eigenvalue weighted by Gasteiger charge is 2.18. The van der Waals surface area contributed by atoms with Crippen molar-refractivity contribution in [3.05, 3.63) is 108 Å². The number of anilines is 2. The van der Waals surface area contributed by atoms with E-state index in [1.165, 1.54) is 39.2 Å². The van der Waals surface area contributed by atoms with Gasteiger partial charge in [-0.2, -0.15) is 0 Å². The zero-order chi connectivity index (χ0) is 32.2. The van der Waals surface area contributed by atoms with Crippen LogP contribution in [0, 0.1) is 0 Å². The van der Waals surface area contributed by atoms with Crippen molar-refractivity contribution in [3.63, 3.8) is 0 Å². The number of carbonyl (C=O) groups is 3. The number of carbonyl (C=O) groups excluding carboxylic acids is 3. The zero-order valence-corrected chi connectivity index (χ0v) is 26.0. The van der Waals surface area contributed by atoms with Crippen molar-refractivity contribution < 1.29 is 33.3 Å². The lowest BCUT2D eigenvalue weighted by molar-refractivity contribution is -0.114. The topological polar surface area (TPSA) is 124 Å². The molecule has 0 spiro atoms. The molecule has 0 saturated heterocycles. The number of amides is 3. The third kappa shape index (κ3) is 8.80. The maximum Gasteiger partial charge on any atom is 0.272 e. The van der Waals surface area contributed by atoms with Gasteiger partial charge in [-0.25, -0.2) is 0 Å². The Hall–Kier alpha value is -5.42. The lowest BCUT2D eigenvalue weighted by Crippen LogP contribution is -2.30. The second kappa shape index (κ2) is 15.9. The highest BCUT2D eigenvalue weighted by molar-refractivity contribution is 8.00. The molecule has 4 aromatic carbocycles. The third-order valence-corrected chi connectivity index (χ3v) is 7.44. The maximum atomic E-state index is 13.5. The molecule has 0 unspecified atom stereocenters. The van der Waals surface area contributed by atoms with Gasteiger partial charge >= 0.3 is 0 Å². The van der Waals surface area contributed by atoms with Crippen molar-refractivity contribution in [3.8, 4) is 23.0 Å². The number of hydrogen-bond acceptors (Lipinski definition) is 8. The van der Waals surface area contributed by atoms with Crippen molar-refractivity contribution in [1.82, 2.24) is 5.32 Å². The minimum atomic E-state index is -0.545. The van der Waals surface area contributed by atoms with E-state index in [1.54, 1.807) is 98.1 Å². The summed E-state index contributed by atoms with van der Waals surface area (Å²) in [6.07, 6.45) is 1.53. The van der Waals surface area contributed by atoms with E-state index in [0.29, 0.717) is 45.5 Å². The van der Waals surface area contributed by atoms with Crippen molar-refractivity contribution in [2.45, 2.75) is 4.90 Å². The molecule has 3 N–H and O–H groups in total. The average molecular weight is 628 g/mol. The highest BCUT2D eigenvalue weighted by atomic mass is 32.2. The minimum Gasteiger partial charge on any atom is -0.497 e. The summed E-state index contributed by atoms with van der Waals surface area (Å²) in [7, 11) is 6.09. The molecule has 11 heteroatoms. The summed E-state index contributed by atoms with van der Waals surface area (Å²) in [5.41, 5.74) is 1.93. The van der Waals surface area contributed by atoms with Crippen LogP contribution in [0.15, 0.2) is 102 Å².